The van der Waals surface area contributed by atoms with Gasteiger partial charge in [-0.3, -0.25) is 0 Å². The lowest BCUT2D eigenvalue weighted by molar-refractivity contribution is 0.374. The molecule has 0 aliphatic carbocycles. The number of nitrogens with zero attached hydrogens (tertiary/aromatic N) is 1. The molecule has 4 heteroatoms. The summed E-state index contributed by atoms with van der Waals surface area (Å²) in [5.41, 5.74) is 0.338. The van der Waals surface area contributed by atoms with Crippen LogP contribution in [0.25, 0.3) is 0 Å². The van der Waals surface area contributed by atoms with Crippen LogP contribution in [0.4, 0.5) is 0 Å². The molecule has 0 amide bonds. The van der Waals surface area contributed by atoms with E-state index in [4.69, 9.17) is 12.2 Å². The van der Waals surface area contributed by atoms with Crippen molar-refractivity contribution in [1.29, 1.82) is 0 Å². The van der Waals surface area contributed by atoms with Crippen molar-refractivity contribution >= 4 is 28.1 Å². The average molecular weight is 275 g/mol. The summed E-state index contributed by atoms with van der Waals surface area (Å²) < 4.78 is 1.58. The number of aromatic nitrogens is 2. The second kappa shape index (κ2) is 4.53. The van der Waals surface area contributed by atoms with Gasteiger partial charge in [0.15, 0.2) is 0 Å². The number of rotatable bonds is 2. The standard InChI is InChI=1S/C10H15BrN2S/c1-10(2,3)5-4-8-12-6-7(11)9(14)13-8/h6H,4-5H2,1-3H3,(H,12,13,14). The van der Waals surface area contributed by atoms with Gasteiger partial charge < -0.3 is 4.98 Å². The zero-order valence-corrected chi connectivity index (χ0v) is 11.1. The zero-order valence-electron chi connectivity index (χ0n) is 8.72. The van der Waals surface area contributed by atoms with Crippen molar-refractivity contribution in [2.45, 2.75) is 33.6 Å². The van der Waals surface area contributed by atoms with Crippen LogP contribution < -0.4 is 0 Å². The summed E-state index contributed by atoms with van der Waals surface area (Å²) in [7, 11) is 0. The van der Waals surface area contributed by atoms with Crippen LogP contribution in [0, 0.1) is 10.1 Å². The fraction of sp³-hybridized carbons (Fsp3) is 0.600. The number of aryl methyl sites for hydroxylation is 1. The Morgan fingerprint density at radius 1 is 1.50 bits per heavy atom. The first-order chi connectivity index (χ1) is 6.38. The predicted molar refractivity (Wildman–Crippen MR) is 64.9 cm³/mol. The van der Waals surface area contributed by atoms with Crippen LogP contribution in [0.3, 0.4) is 0 Å². The highest BCUT2D eigenvalue weighted by molar-refractivity contribution is 9.10. The smallest absolute Gasteiger partial charge is 0.120 e. The van der Waals surface area contributed by atoms with Gasteiger partial charge in [0.25, 0.3) is 0 Å². The molecule has 1 N–H and O–H groups in total. The van der Waals surface area contributed by atoms with Crippen LogP contribution >= 0.6 is 28.1 Å². The van der Waals surface area contributed by atoms with Gasteiger partial charge in [-0.15, -0.1) is 0 Å². The first kappa shape index (κ1) is 11.9. The summed E-state index contributed by atoms with van der Waals surface area (Å²) in [6.07, 6.45) is 3.81. The highest BCUT2D eigenvalue weighted by Crippen LogP contribution is 2.20. The molecule has 2 nitrogen and oxygen atoms in total. The number of aromatic amines is 1. The maximum Gasteiger partial charge on any atom is 0.120 e. The summed E-state index contributed by atoms with van der Waals surface area (Å²) in [5.74, 6) is 0.966. The number of halogens is 1. The Kier molecular flexibility index (Phi) is 3.84. The van der Waals surface area contributed by atoms with Crippen LogP contribution in [0.2, 0.25) is 0 Å². The molecular weight excluding hydrogens is 260 g/mol. The van der Waals surface area contributed by atoms with Gasteiger partial charge in [-0.05, 0) is 27.8 Å². The van der Waals surface area contributed by atoms with Crippen molar-refractivity contribution in [1.82, 2.24) is 9.97 Å². The van der Waals surface area contributed by atoms with Crippen LogP contribution in [-0.2, 0) is 6.42 Å². The molecule has 0 spiro atoms. The van der Waals surface area contributed by atoms with Crippen LogP contribution in [0.1, 0.15) is 33.0 Å². The van der Waals surface area contributed by atoms with Crippen LogP contribution in [-0.4, -0.2) is 9.97 Å². The van der Waals surface area contributed by atoms with Crippen molar-refractivity contribution < 1.29 is 0 Å². The molecule has 0 fully saturated rings. The molecule has 0 aliphatic rings. The molecule has 1 aromatic rings. The van der Waals surface area contributed by atoms with E-state index in [2.05, 4.69) is 46.7 Å². The summed E-state index contributed by atoms with van der Waals surface area (Å²) in [4.78, 5) is 7.38. The second-order valence-electron chi connectivity index (χ2n) is 4.57. The fourth-order valence-electron chi connectivity index (χ4n) is 1.04. The van der Waals surface area contributed by atoms with Gasteiger partial charge in [0.2, 0.25) is 0 Å². The second-order valence-corrected chi connectivity index (χ2v) is 5.83. The topological polar surface area (TPSA) is 28.7 Å². The molecule has 0 radical (unpaired) electrons. The largest absolute Gasteiger partial charge is 0.334 e. The van der Waals surface area contributed by atoms with E-state index in [1.54, 1.807) is 6.20 Å². The molecule has 0 unspecified atom stereocenters. The van der Waals surface area contributed by atoms with Crippen molar-refractivity contribution in [3.63, 3.8) is 0 Å². The van der Waals surface area contributed by atoms with Gasteiger partial charge in [-0.1, -0.05) is 33.0 Å². The lowest BCUT2D eigenvalue weighted by Gasteiger charge is -2.17. The Morgan fingerprint density at radius 2 is 2.14 bits per heavy atom. The Labute approximate surface area is 98.3 Å². The maximum absolute atomic E-state index is 5.11. The first-order valence-corrected chi connectivity index (χ1v) is 5.82. The number of nitrogens with one attached hydrogen (secondary N) is 1. The molecule has 78 valence electrons. The molecular formula is C10H15BrN2S. The van der Waals surface area contributed by atoms with E-state index in [0.717, 1.165) is 27.8 Å². The third kappa shape index (κ3) is 3.88. The van der Waals surface area contributed by atoms with Gasteiger partial charge in [0, 0.05) is 12.6 Å². The van der Waals surface area contributed by atoms with Crippen molar-refractivity contribution in [3.05, 3.63) is 21.1 Å². The van der Waals surface area contributed by atoms with E-state index < -0.39 is 0 Å². The van der Waals surface area contributed by atoms with E-state index in [0.29, 0.717) is 5.41 Å². The molecule has 14 heavy (non-hydrogen) atoms. The SMILES string of the molecule is CC(C)(C)CCc1ncc(Br)c(=S)[nH]1. The number of H-pyrrole nitrogens is 1. The van der Waals surface area contributed by atoms with Gasteiger partial charge in [0.1, 0.15) is 10.5 Å². The molecule has 0 atom stereocenters. The molecule has 0 saturated heterocycles. The number of hydrogen-bond acceptors (Lipinski definition) is 2. The quantitative estimate of drug-likeness (QED) is 0.830. The molecule has 0 aromatic carbocycles. The third-order valence-corrected chi connectivity index (χ3v) is 3.11. The Hall–Kier alpha value is -0.220. The number of hydrogen-bond donors (Lipinski definition) is 1. The van der Waals surface area contributed by atoms with Gasteiger partial charge >= 0.3 is 0 Å². The molecule has 1 heterocycles. The minimum absolute atomic E-state index is 0.338. The van der Waals surface area contributed by atoms with E-state index >= 15 is 0 Å². The minimum Gasteiger partial charge on any atom is -0.334 e. The summed E-state index contributed by atoms with van der Waals surface area (Å²) in [6.45, 7) is 6.67. The van der Waals surface area contributed by atoms with E-state index in [1.807, 2.05) is 0 Å². The summed E-state index contributed by atoms with van der Waals surface area (Å²) >= 11 is 8.43. The Morgan fingerprint density at radius 3 is 2.64 bits per heavy atom. The Balaban J connectivity index is 2.70. The van der Waals surface area contributed by atoms with E-state index in [-0.39, 0.29) is 0 Å². The molecule has 1 aromatic heterocycles. The third-order valence-electron chi connectivity index (χ3n) is 1.92. The lowest BCUT2D eigenvalue weighted by Crippen LogP contribution is -2.08. The maximum atomic E-state index is 5.11. The van der Waals surface area contributed by atoms with Crippen molar-refractivity contribution in [3.8, 4) is 0 Å². The van der Waals surface area contributed by atoms with Gasteiger partial charge in [-0.25, -0.2) is 4.98 Å². The summed E-state index contributed by atoms with van der Waals surface area (Å²) in [5, 5.41) is 0. The van der Waals surface area contributed by atoms with Crippen LogP contribution in [0.15, 0.2) is 10.7 Å². The highest BCUT2D eigenvalue weighted by Gasteiger charge is 2.10. The van der Waals surface area contributed by atoms with Gasteiger partial charge in [0.05, 0.1) is 4.47 Å². The molecule has 0 saturated carbocycles. The molecule has 0 bridgehead atoms. The van der Waals surface area contributed by atoms with Gasteiger partial charge in [-0.2, -0.15) is 0 Å². The zero-order chi connectivity index (χ0) is 10.8. The van der Waals surface area contributed by atoms with E-state index in [9.17, 15) is 0 Å². The van der Waals surface area contributed by atoms with Crippen molar-refractivity contribution in [2.75, 3.05) is 0 Å². The highest BCUT2D eigenvalue weighted by atomic mass is 79.9. The minimum atomic E-state index is 0.338. The fourth-order valence-corrected chi connectivity index (χ4v) is 1.41. The summed E-state index contributed by atoms with van der Waals surface area (Å²) in [6, 6.07) is 0. The molecule has 0 aliphatic heterocycles. The average Bonchev–Trinajstić information content (AvgIpc) is 2.06. The molecule has 1 rings (SSSR count). The normalized spacial score (nSPS) is 11.7. The first-order valence-electron chi connectivity index (χ1n) is 4.62. The van der Waals surface area contributed by atoms with E-state index in [1.165, 1.54) is 0 Å². The van der Waals surface area contributed by atoms with Crippen LogP contribution in [0.5, 0.6) is 0 Å². The Bertz CT molecular complexity index is 365. The van der Waals surface area contributed by atoms with Crippen molar-refractivity contribution in [2.24, 2.45) is 5.41 Å². The monoisotopic (exact) mass is 274 g/mol. The predicted octanol–water partition coefficient (Wildman–Crippen LogP) is 3.88. The lowest BCUT2D eigenvalue weighted by atomic mass is 9.90.